The highest BCUT2D eigenvalue weighted by molar-refractivity contribution is 6.30. The normalized spacial score (nSPS) is 11.7. The molecule has 3 rings (SSSR count). The third-order valence-electron chi connectivity index (χ3n) is 3.96. The maximum absolute atomic E-state index is 5.92. The van der Waals surface area contributed by atoms with E-state index in [9.17, 15) is 0 Å². The second-order valence-electron chi connectivity index (χ2n) is 5.90. The van der Waals surface area contributed by atoms with E-state index in [1.54, 1.807) is 0 Å². The maximum atomic E-state index is 5.92. The van der Waals surface area contributed by atoms with Crippen LogP contribution >= 0.6 is 11.6 Å². The zero-order chi connectivity index (χ0) is 18.2. The van der Waals surface area contributed by atoms with Crippen molar-refractivity contribution in [2.24, 2.45) is 4.99 Å². The van der Waals surface area contributed by atoms with E-state index in [0.717, 1.165) is 48.4 Å². The molecule has 0 saturated carbocycles. The number of hydrogen-bond acceptors (Lipinski definition) is 3. The molecule has 136 valence electrons. The van der Waals surface area contributed by atoms with Crippen molar-refractivity contribution in [3.05, 3.63) is 65.1 Å². The molecule has 26 heavy (non-hydrogen) atoms. The van der Waals surface area contributed by atoms with Gasteiger partial charge in [-0.25, -0.2) is 4.99 Å². The van der Waals surface area contributed by atoms with Crippen molar-refractivity contribution in [3.63, 3.8) is 0 Å². The predicted molar refractivity (Wildman–Crippen MR) is 106 cm³/mol. The average molecular weight is 371 g/mol. The summed E-state index contributed by atoms with van der Waals surface area (Å²) in [5.74, 6) is 1.61. The van der Waals surface area contributed by atoms with Crippen LogP contribution in [0.5, 0.6) is 0 Å². The Kier molecular flexibility index (Phi) is 6.44. The van der Waals surface area contributed by atoms with E-state index in [1.165, 1.54) is 5.56 Å². The van der Waals surface area contributed by atoms with Gasteiger partial charge in [0.05, 0.1) is 0 Å². The Balaban J connectivity index is 1.53. The van der Waals surface area contributed by atoms with Crippen molar-refractivity contribution in [1.29, 1.82) is 0 Å². The molecule has 0 unspecified atom stereocenters. The third-order valence-corrected chi connectivity index (χ3v) is 4.21. The Hall–Kier alpha value is -2.60. The number of hydrogen-bond donors (Lipinski definition) is 2. The number of fused-ring (bicyclic) bond motifs is 1. The van der Waals surface area contributed by atoms with E-state index >= 15 is 0 Å². The molecule has 2 heterocycles. The standard InChI is InChI=1S/C19H23ClN6/c1-2-21-19(22-12-5-6-15-8-10-16(20)11-9-15)23-14-18-25-24-17-7-3-4-13-26(17)18/h3-4,7-11,13H,2,5-6,12,14H2,1H3,(H2,21,22,23). The van der Waals surface area contributed by atoms with Gasteiger partial charge in [-0.3, -0.25) is 4.40 Å². The van der Waals surface area contributed by atoms with Gasteiger partial charge in [-0.05, 0) is 49.6 Å². The van der Waals surface area contributed by atoms with E-state index in [1.807, 2.05) is 40.9 Å². The van der Waals surface area contributed by atoms with Gasteiger partial charge in [0.1, 0.15) is 6.54 Å². The van der Waals surface area contributed by atoms with Gasteiger partial charge in [0, 0.05) is 24.3 Å². The second kappa shape index (κ2) is 9.20. The number of aliphatic imine (C=N–C) groups is 1. The molecular weight excluding hydrogens is 348 g/mol. The van der Waals surface area contributed by atoms with E-state index in [4.69, 9.17) is 11.6 Å². The molecule has 3 aromatic rings. The van der Waals surface area contributed by atoms with Gasteiger partial charge in [-0.1, -0.05) is 29.8 Å². The summed E-state index contributed by atoms with van der Waals surface area (Å²) in [5.41, 5.74) is 2.12. The molecule has 6 nitrogen and oxygen atoms in total. The van der Waals surface area contributed by atoms with Crippen LogP contribution in [0.15, 0.2) is 53.7 Å². The number of rotatable bonds is 7. The maximum Gasteiger partial charge on any atom is 0.191 e. The SMILES string of the molecule is CCNC(=NCc1nnc2ccccn12)NCCCc1ccc(Cl)cc1. The van der Waals surface area contributed by atoms with E-state index in [2.05, 4.69) is 44.9 Å². The number of benzene rings is 1. The average Bonchev–Trinajstić information content (AvgIpc) is 3.08. The Morgan fingerprint density at radius 3 is 2.77 bits per heavy atom. The summed E-state index contributed by atoms with van der Waals surface area (Å²) in [5, 5.41) is 15.8. The number of aromatic nitrogens is 3. The van der Waals surface area contributed by atoms with Crippen LogP contribution in [-0.2, 0) is 13.0 Å². The van der Waals surface area contributed by atoms with Crippen LogP contribution in [0.3, 0.4) is 0 Å². The van der Waals surface area contributed by atoms with E-state index in [0.29, 0.717) is 6.54 Å². The molecule has 7 heteroatoms. The Labute approximate surface area is 158 Å². The molecular formula is C19H23ClN6. The fraction of sp³-hybridized carbons (Fsp3) is 0.316. The van der Waals surface area contributed by atoms with Gasteiger partial charge >= 0.3 is 0 Å². The predicted octanol–water partition coefficient (Wildman–Crippen LogP) is 3.07. The summed E-state index contributed by atoms with van der Waals surface area (Å²) in [6.45, 7) is 4.17. The lowest BCUT2D eigenvalue weighted by Gasteiger charge is -2.11. The molecule has 0 bridgehead atoms. The molecule has 0 aliphatic rings. The molecule has 0 atom stereocenters. The minimum atomic E-state index is 0.470. The first-order chi connectivity index (χ1) is 12.8. The highest BCUT2D eigenvalue weighted by Crippen LogP contribution is 2.10. The van der Waals surface area contributed by atoms with Gasteiger partial charge in [0.2, 0.25) is 0 Å². The molecule has 0 amide bonds. The lowest BCUT2D eigenvalue weighted by atomic mass is 10.1. The quantitative estimate of drug-likeness (QED) is 0.381. The fourth-order valence-corrected chi connectivity index (χ4v) is 2.77. The summed E-state index contributed by atoms with van der Waals surface area (Å²) in [6, 6.07) is 13.8. The molecule has 2 N–H and O–H groups in total. The number of nitrogens with zero attached hydrogens (tertiary/aromatic N) is 4. The van der Waals surface area contributed by atoms with Crippen molar-refractivity contribution in [1.82, 2.24) is 25.2 Å². The molecule has 0 radical (unpaired) electrons. The number of pyridine rings is 1. The Bertz CT molecular complexity index is 856. The molecule has 2 aromatic heterocycles. The van der Waals surface area contributed by atoms with Crippen LogP contribution in [0, 0.1) is 0 Å². The summed E-state index contributed by atoms with van der Waals surface area (Å²) >= 11 is 5.92. The Morgan fingerprint density at radius 1 is 1.12 bits per heavy atom. The van der Waals surface area contributed by atoms with Gasteiger partial charge in [0.25, 0.3) is 0 Å². The van der Waals surface area contributed by atoms with Crippen molar-refractivity contribution in [2.75, 3.05) is 13.1 Å². The van der Waals surface area contributed by atoms with E-state index in [-0.39, 0.29) is 0 Å². The number of aryl methyl sites for hydroxylation is 1. The minimum absolute atomic E-state index is 0.470. The zero-order valence-electron chi connectivity index (χ0n) is 14.8. The third kappa shape index (κ3) is 4.95. The topological polar surface area (TPSA) is 66.6 Å². The van der Waals surface area contributed by atoms with Crippen LogP contribution in [-0.4, -0.2) is 33.6 Å². The summed E-state index contributed by atoms with van der Waals surface area (Å²) in [4.78, 5) is 4.62. The van der Waals surface area contributed by atoms with Gasteiger partial charge < -0.3 is 10.6 Å². The Morgan fingerprint density at radius 2 is 1.96 bits per heavy atom. The van der Waals surface area contributed by atoms with Crippen molar-refractivity contribution in [2.45, 2.75) is 26.3 Å². The fourth-order valence-electron chi connectivity index (χ4n) is 2.64. The highest BCUT2D eigenvalue weighted by atomic mass is 35.5. The lowest BCUT2D eigenvalue weighted by Crippen LogP contribution is -2.37. The van der Waals surface area contributed by atoms with Gasteiger partial charge in [-0.15, -0.1) is 10.2 Å². The smallest absolute Gasteiger partial charge is 0.191 e. The highest BCUT2D eigenvalue weighted by Gasteiger charge is 2.04. The molecule has 1 aromatic carbocycles. The first-order valence-corrected chi connectivity index (χ1v) is 9.19. The first kappa shape index (κ1) is 18.2. The molecule has 0 aliphatic carbocycles. The minimum Gasteiger partial charge on any atom is -0.357 e. The van der Waals surface area contributed by atoms with Crippen molar-refractivity contribution >= 4 is 23.2 Å². The molecule has 0 spiro atoms. The number of nitrogens with one attached hydrogen (secondary N) is 2. The van der Waals surface area contributed by atoms with Crippen LogP contribution in [0.1, 0.15) is 24.7 Å². The largest absolute Gasteiger partial charge is 0.357 e. The monoisotopic (exact) mass is 370 g/mol. The summed E-state index contributed by atoms with van der Waals surface area (Å²) in [7, 11) is 0. The van der Waals surface area contributed by atoms with Gasteiger partial charge in [0.15, 0.2) is 17.4 Å². The molecule has 0 fully saturated rings. The van der Waals surface area contributed by atoms with Crippen LogP contribution in [0.25, 0.3) is 5.65 Å². The summed E-state index contributed by atoms with van der Waals surface area (Å²) < 4.78 is 1.95. The van der Waals surface area contributed by atoms with Crippen molar-refractivity contribution < 1.29 is 0 Å². The van der Waals surface area contributed by atoms with Crippen LogP contribution in [0.4, 0.5) is 0 Å². The zero-order valence-corrected chi connectivity index (χ0v) is 15.6. The number of guanidine groups is 1. The van der Waals surface area contributed by atoms with E-state index < -0.39 is 0 Å². The number of halogens is 1. The van der Waals surface area contributed by atoms with Crippen LogP contribution in [0.2, 0.25) is 5.02 Å². The molecule has 0 aliphatic heterocycles. The van der Waals surface area contributed by atoms with Gasteiger partial charge in [-0.2, -0.15) is 0 Å². The molecule has 0 saturated heterocycles. The summed E-state index contributed by atoms with van der Waals surface area (Å²) in [6.07, 6.45) is 3.96. The van der Waals surface area contributed by atoms with Crippen LogP contribution < -0.4 is 10.6 Å². The van der Waals surface area contributed by atoms with Crippen molar-refractivity contribution in [3.8, 4) is 0 Å². The first-order valence-electron chi connectivity index (χ1n) is 8.81. The lowest BCUT2D eigenvalue weighted by molar-refractivity contribution is 0.740. The second-order valence-corrected chi connectivity index (χ2v) is 6.33.